The Kier molecular flexibility index (Phi) is 8.67. The van der Waals surface area contributed by atoms with Gasteiger partial charge in [-0.1, -0.05) is 11.2 Å². The molecule has 1 fully saturated rings. The lowest BCUT2D eigenvalue weighted by Crippen LogP contribution is -2.71. The number of nitrogens with two attached hydrogens (primary N) is 1. The Morgan fingerprint density at radius 3 is 2.50 bits per heavy atom. The average Bonchev–Trinajstić information content (AvgIpc) is 3.39. The van der Waals surface area contributed by atoms with Crippen molar-refractivity contribution in [1.82, 2.24) is 15.2 Å². The van der Waals surface area contributed by atoms with Gasteiger partial charge in [0.15, 0.2) is 10.8 Å². The summed E-state index contributed by atoms with van der Waals surface area (Å²) in [6.07, 6.45) is 2.48. The summed E-state index contributed by atoms with van der Waals surface area (Å²) in [4.78, 5) is 80.7. The molecule has 2 unspecified atom stereocenters. The number of thioether (sulfide) groups is 1. The Balaban J connectivity index is 1.58. The SMILES string of the molecule is CC(C)(O/N=C(\C(=O)NC1C(=O)N2C(C(=O)O)=C(/C=C/c3ccc([N+](=O)[O-])cc3[N+](=O)[O-])CSC12)c1csc(N)n1)C(=O)O. The second kappa shape index (κ2) is 12.1. The number of aromatic nitrogens is 1. The van der Waals surface area contributed by atoms with Crippen molar-refractivity contribution in [1.29, 1.82) is 0 Å². The summed E-state index contributed by atoms with van der Waals surface area (Å²) in [5.41, 5.74) is 1.89. The normalized spacial score (nSPS) is 18.5. The molecule has 44 heavy (non-hydrogen) atoms. The van der Waals surface area contributed by atoms with Crippen LogP contribution >= 0.6 is 23.1 Å². The van der Waals surface area contributed by atoms with Crippen molar-refractivity contribution in [2.45, 2.75) is 30.9 Å². The molecule has 1 saturated heterocycles. The number of hydrogen-bond donors (Lipinski definition) is 4. The number of nitro groups is 2. The molecule has 18 nitrogen and oxygen atoms in total. The van der Waals surface area contributed by atoms with E-state index in [4.69, 9.17) is 10.6 Å². The number of allylic oxidation sites excluding steroid dienone is 1. The van der Waals surface area contributed by atoms with Crippen LogP contribution in [0.2, 0.25) is 0 Å². The highest BCUT2D eigenvalue weighted by Crippen LogP contribution is 2.41. The lowest BCUT2D eigenvalue weighted by Gasteiger charge is -2.49. The van der Waals surface area contributed by atoms with Crippen LogP contribution in [0.1, 0.15) is 25.1 Å². The first-order valence-electron chi connectivity index (χ1n) is 12.2. The highest BCUT2D eigenvalue weighted by Gasteiger charge is 2.54. The van der Waals surface area contributed by atoms with E-state index in [1.54, 1.807) is 0 Å². The molecule has 0 bridgehead atoms. The predicted molar refractivity (Wildman–Crippen MR) is 154 cm³/mol. The topological polar surface area (TPSA) is 271 Å². The largest absolute Gasteiger partial charge is 0.478 e. The van der Waals surface area contributed by atoms with Crippen molar-refractivity contribution in [3.8, 4) is 0 Å². The minimum atomic E-state index is -1.82. The monoisotopic (exact) mass is 647 g/mol. The summed E-state index contributed by atoms with van der Waals surface area (Å²) >= 11 is 2.06. The van der Waals surface area contributed by atoms with Gasteiger partial charge in [0.1, 0.15) is 22.8 Å². The van der Waals surface area contributed by atoms with Gasteiger partial charge < -0.3 is 26.1 Å². The molecule has 230 valence electrons. The van der Waals surface area contributed by atoms with E-state index in [0.29, 0.717) is 0 Å². The fourth-order valence-corrected chi connectivity index (χ4v) is 5.78. The maximum absolute atomic E-state index is 13.2. The Morgan fingerprint density at radius 1 is 1.23 bits per heavy atom. The van der Waals surface area contributed by atoms with Crippen LogP contribution in [0.25, 0.3) is 6.08 Å². The number of nitrogens with one attached hydrogen (secondary N) is 1. The zero-order chi connectivity index (χ0) is 32.5. The first kappa shape index (κ1) is 31.6. The maximum Gasteiger partial charge on any atom is 0.352 e. The van der Waals surface area contributed by atoms with E-state index >= 15 is 0 Å². The number of carbonyl (C=O) groups is 4. The van der Waals surface area contributed by atoms with E-state index in [1.165, 1.54) is 31.4 Å². The maximum atomic E-state index is 13.2. The van der Waals surface area contributed by atoms with Gasteiger partial charge in [-0.05, 0) is 31.6 Å². The number of carboxylic acid groups (broad SMARTS) is 2. The Morgan fingerprint density at radius 2 is 1.93 bits per heavy atom. The van der Waals surface area contributed by atoms with E-state index in [-0.39, 0.29) is 27.7 Å². The third-order valence-electron chi connectivity index (χ3n) is 6.23. The first-order valence-corrected chi connectivity index (χ1v) is 14.1. The first-order chi connectivity index (χ1) is 20.6. The van der Waals surface area contributed by atoms with E-state index in [9.17, 15) is 49.6 Å². The van der Waals surface area contributed by atoms with Gasteiger partial charge in [-0.3, -0.25) is 34.7 Å². The molecule has 3 heterocycles. The number of hydrogen-bond acceptors (Lipinski definition) is 14. The molecule has 0 radical (unpaired) electrons. The van der Waals surface area contributed by atoms with Gasteiger partial charge in [-0.15, -0.1) is 23.1 Å². The van der Waals surface area contributed by atoms with Crippen LogP contribution < -0.4 is 11.1 Å². The molecule has 0 spiro atoms. The number of amides is 2. The van der Waals surface area contributed by atoms with Gasteiger partial charge >= 0.3 is 11.9 Å². The van der Waals surface area contributed by atoms with Gasteiger partial charge in [-0.25, -0.2) is 14.6 Å². The second-order valence-corrected chi connectivity index (χ2v) is 11.5. The number of aliphatic carboxylic acids is 2. The van der Waals surface area contributed by atoms with E-state index < -0.39 is 73.4 Å². The number of carbonyl (C=O) groups excluding carboxylic acids is 2. The molecule has 1 aromatic heterocycles. The number of benzene rings is 1. The average molecular weight is 648 g/mol. The number of nitrogens with zero attached hydrogens (tertiary/aromatic N) is 5. The molecule has 0 aliphatic carbocycles. The van der Waals surface area contributed by atoms with Crippen LogP contribution in [-0.2, 0) is 24.0 Å². The number of oxime groups is 1. The zero-order valence-corrected chi connectivity index (χ0v) is 24.2. The van der Waals surface area contributed by atoms with Gasteiger partial charge in [-0.2, -0.15) is 0 Å². The Labute approximate surface area is 254 Å². The second-order valence-electron chi connectivity index (χ2n) is 9.55. The molecule has 20 heteroatoms. The summed E-state index contributed by atoms with van der Waals surface area (Å²) in [5.74, 6) is -4.59. The number of anilines is 1. The number of nitrogen functional groups attached to an aromatic ring is 1. The van der Waals surface area contributed by atoms with Crippen molar-refractivity contribution < 1.29 is 44.1 Å². The molecular formula is C24H21N7O11S2. The molecule has 2 aromatic rings. The molecule has 1 aromatic carbocycles. The molecule has 4 rings (SSSR count). The molecule has 0 saturated carbocycles. The van der Waals surface area contributed by atoms with Crippen LogP contribution in [0.3, 0.4) is 0 Å². The van der Waals surface area contributed by atoms with Gasteiger partial charge in [0.05, 0.1) is 21.5 Å². The zero-order valence-electron chi connectivity index (χ0n) is 22.5. The lowest BCUT2D eigenvalue weighted by molar-refractivity contribution is -0.394. The summed E-state index contributed by atoms with van der Waals surface area (Å²) in [6.45, 7) is 2.39. The fourth-order valence-electron chi connectivity index (χ4n) is 3.92. The summed E-state index contributed by atoms with van der Waals surface area (Å²) in [6, 6.07) is 1.76. The van der Waals surface area contributed by atoms with Crippen molar-refractivity contribution in [3.05, 3.63) is 72.4 Å². The van der Waals surface area contributed by atoms with Crippen molar-refractivity contribution in [2.24, 2.45) is 5.16 Å². The minimum Gasteiger partial charge on any atom is -0.478 e. The third-order valence-corrected chi connectivity index (χ3v) is 8.21. The highest BCUT2D eigenvalue weighted by atomic mass is 32.2. The quantitative estimate of drug-likeness (QED) is 0.117. The van der Waals surface area contributed by atoms with Crippen LogP contribution in [0, 0.1) is 20.2 Å². The number of nitro benzene ring substituents is 2. The van der Waals surface area contributed by atoms with Crippen LogP contribution in [0.15, 0.2) is 46.1 Å². The van der Waals surface area contributed by atoms with E-state index in [1.807, 2.05) is 0 Å². The fraction of sp³-hybridized carbons (Fsp3) is 0.250. The Hall–Kier alpha value is -5.37. The summed E-state index contributed by atoms with van der Waals surface area (Å²) in [7, 11) is 0. The van der Waals surface area contributed by atoms with Gasteiger partial charge in [0, 0.05) is 17.2 Å². The highest BCUT2D eigenvalue weighted by molar-refractivity contribution is 8.00. The van der Waals surface area contributed by atoms with Crippen molar-refractivity contribution >= 4 is 75.1 Å². The molecule has 2 atom stereocenters. The smallest absolute Gasteiger partial charge is 0.352 e. The van der Waals surface area contributed by atoms with Crippen molar-refractivity contribution in [2.75, 3.05) is 11.5 Å². The van der Waals surface area contributed by atoms with Crippen LogP contribution in [-0.4, -0.2) is 82.2 Å². The van der Waals surface area contributed by atoms with Crippen LogP contribution in [0.4, 0.5) is 16.5 Å². The van der Waals surface area contributed by atoms with E-state index in [0.717, 1.165) is 46.2 Å². The molecule has 2 amide bonds. The van der Waals surface area contributed by atoms with E-state index in [2.05, 4.69) is 15.5 Å². The summed E-state index contributed by atoms with van der Waals surface area (Å²) < 4.78 is 0. The summed E-state index contributed by atoms with van der Waals surface area (Å²) in [5, 5.41) is 48.4. The molecule has 2 aliphatic heterocycles. The van der Waals surface area contributed by atoms with Gasteiger partial charge in [0.25, 0.3) is 23.2 Å². The standard InChI is InChI=1S/C24H21N7O11S2/c1-24(2,22(36)37)42-28-15(13-9-44-23(25)26-13)18(32)27-16-19(33)29-17(21(34)35)11(8-43-20(16)29)4-3-10-5-6-12(30(38)39)7-14(10)31(40)41/h3-7,9,16,20H,8H2,1-2H3,(H2,25,26)(H,27,32)(H,34,35)(H,36,37)/b4-3+,28-15-. The van der Waals surface area contributed by atoms with Crippen molar-refractivity contribution in [3.63, 3.8) is 0 Å². The lowest BCUT2D eigenvalue weighted by atomic mass is 10.0. The Bertz CT molecular complexity index is 1700. The number of non-ortho nitro benzene ring substituents is 1. The number of β-lactam (4-membered cyclic amide) rings is 1. The molecule has 2 aliphatic rings. The molecule has 5 N–H and O–H groups in total. The number of thiazole rings is 1. The van der Waals surface area contributed by atoms with Gasteiger partial charge in [0.2, 0.25) is 5.60 Å². The number of fused-ring (bicyclic) bond motifs is 1. The predicted octanol–water partition coefficient (Wildman–Crippen LogP) is 1.58. The number of rotatable bonds is 11. The number of carboxylic acids is 2. The van der Waals surface area contributed by atoms with Crippen LogP contribution in [0.5, 0.6) is 0 Å². The minimum absolute atomic E-state index is 0.0131. The molecular weight excluding hydrogens is 626 g/mol. The third kappa shape index (κ3) is 6.20.